The summed E-state index contributed by atoms with van der Waals surface area (Å²) in [4.78, 5) is 24.9. The lowest BCUT2D eigenvalue weighted by molar-refractivity contribution is -0.125. The smallest absolute Gasteiger partial charge is 0.238 e. The summed E-state index contributed by atoms with van der Waals surface area (Å²) in [7, 11) is 0. The van der Waals surface area contributed by atoms with Gasteiger partial charge in [-0.25, -0.2) is 0 Å². The minimum atomic E-state index is -0.279. The van der Waals surface area contributed by atoms with E-state index in [4.69, 9.17) is 16.9 Å². The highest BCUT2D eigenvalue weighted by atomic mass is 35.5. The largest absolute Gasteiger partial charge is 0.354 e. The van der Waals surface area contributed by atoms with E-state index < -0.39 is 0 Å². The number of carbonyl (C=O) groups excluding carboxylic acids is 2. The Bertz CT molecular complexity index is 582. The van der Waals surface area contributed by atoms with Crippen LogP contribution in [0.15, 0.2) is 18.2 Å². The van der Waals surface area contributed by atoms with Gasteiger partial charge in [0.1, 0.15) is 6.07 Å². The summed E-state index contributed by atoms with van der Waals surface area (Å²) in [6, 6.07) is 6.65. The lowest BCUT2D eigenvalue weighted by atomic mass is 10.2. The summed E-state index contributed by atoms with van der Waals surface area (Å²) in [5.74, 6) is -0.372. The second kappa shape index (κ2) is 6.37. The van der Waals surface area contributed by atoms with Crippen molar-refractivity contribution in [2.45, 2.75) is 0 Å². The molecule has 2 N–H and O–H groups in total. The number of nitrogens with zero attached hydrogens (tertiary/aromatic N) is 2. The molecule has 7 heteroatoms. The molecule has 2 rings (SSSR count). The molecule has 0 radical (unpaired) electrons. The molecule has 6 nitrogen and oxygen atoms in total. The second-order valence-electron chi connectivity index (χ2n) is 4.41. The molecule has 2 amide bonds. The molecule has 1 saturated heterocycles. The number of hydrogen-bond donors (Lipinski definition) is 2. The predicted molar refractivity (Wildman–Crippen MR) is 74.2 cm³/mol. The second-order valence-corrected chi connectivity index (χ2v) is 4.85. The van der Waals surface area contributed by atoms with Crippen molar-refractivity contribution in [1.29, 1.82) is 5.26 Å². The van der Waals surface area contributed by atoms with Gasteiger partial charge < -0.3 is 10.6 Å². The number of rotatable bonds is 3. The van der Waals surface area contributed by atoms with E-state index in [2.05, 4.69) is 10.6 Å². The van der Waals surface area contributed by atoms with Crippen molar-refractivity contribution in [1.82, 2.24) is 10.2 Å². The van der Waals surface area contributed by atoms with Gasteiger partial charge in [-0.3, -0.25) is 14.5 Å². The molecule has 0 unspecified atom stereocenters. The number of piperazine rings is 1. The van der Waals surface area contributed by atoms with Crippen molar-refractivity contribution >= 4 is 29.1 Å². The average molecular weight is 293 g/mol. The van der Waals surface area contributed by atoms with E-state index in [0.29, 0.717) is 29.4 Å². The zero-order chi connectivity index (χ0) is 14.5. The highest BCUT2D eigenvalue weighted by molar-refractivity contribution is 6.31. The van der Waals surface area contributed by atoms with Crippen molar-refractivity contribution in [2.75, 3.05) is 31.5 Å². The molecule has 0 atom stereocenters. The van der Waals surface area contributed by atoms with Crippen LogP contribution in [0.5, 0.6) is 0 Å². The first-order chi connectivity index (χ1) is 9.58. The lowest BCUT2D eigenvalue weighted by Gasteiger charge is -2.25. The zero-order valence-electron chi connectivity index (χ0n) is 10.6. The maximum absolute atomic E-state index is 11.9. The fraction of sp³-hybridized carbons (Fsp3) is 0.308. The van der Waals surface area contributed by atoms with Gasteiger partial charge in [0.15, 0.2) is 0 Å². The molecule has 1 fully saturated rings. The van der Waals surface area contributed by atoms with Crippen molar-refractivity contribution in [3.63, 3.8) is 0 Å². The fourth-order valence-corrected chi connectivity index (χ4v) is 2.11. The molecular formula is C13H13ClN4O2. The van der Waals surface area contributed by atoms with Crippen LogP contribution < -0.4 is 10.6 Å². The summed E-state index contributed by atoms with van der Waals surface area (Å²) in [5, 5.41) is 14.7. The number of amides is 2. The van der Waals surface area contributed by atoms with E-state index in [-0.39, 0.29) is 24.9 Å². The number of nitrogens with one attached hydrogen (secondary N) is 2. The van der Waals surface area contributed by atoms with Gasteiger partial charge in [-0.2, -0.15) is 5.26 Å². The Morgan fingerprint density at radius 3 is 3.05 bits per heavy atom. The van der Waals surface area contributed by atoms with Crippen LogP contribution in [0.25, 0.3) is 0 Å². The van der Waals surface area contributed by atoms with Gasteiger partial charge >= 0.3 is 0 Å². The molecule has 104 valence electrons. The molecule has 0 saturated carbocycles. The predicted octanol–water partition coefficient (Wildman–Crippen LogP) is 0.582. The van der Waals surface area contributed by atoms with Crippen LogP contribution in [-0.2, 0) is 9.59 Å². The van der Waals surface area contributed by atoms with Gasteiger partial charge in [0.05, 0.1) is 24.3 Å². The Labute approximate surface area is 121 Å². The average Bonchev–Trinajstić information content (AvgIpc) is 2.38. The molecule has 0 aromatic heterocycles. The number of benzene rings is 1. The first-order valence-electron chi connectivity index (χ1n) is 6.07. The van der Waals surface area contributed by atoms with Crippen LogP contribution >= 0.6 is 11.6 Å². The number of nitriles is 1. The summed E-state index contributed by atoms with van der Waals surface area (Å²) in [5.41, 5.74) is 0.727. The topological polar surface area (TPSA) is 85.2 Å². The van der Waals surface area contributed by atoms with Crippen LogP contribution in [0, 0.1) is 11.3 Å². The van der Waals surface area contributed by atoms with E-state index in [1.165, 1.54) is 6.07 Å². The number of halogens is 1. The Balaban J connectivity index is 1.99. The molecule has 0 bridgehead atoms. The Kier molecular flexibility index (Phi) is 4.56. The third-order valence-electron chi connectivity index (χ3n) is 2.86. The van der Waals surface area contributed by atoms with Crippen molar-refractivity contribution in [3.05, 3.63) is 28.8 Å². The highest BCUT2D eigenvalue weighted by Crippen LogP contribution is 2.20. The molecule has 1 aromatic carbocycles. The van der Waals surface area contributed by atoms with Crippen molar-refractivity contribution in [2.24, 2.45) is 0 Å². The monoisotopic (exact) mass is 292 g/mol. The Morgan fingerprint density at radius 2 is 2.35 bits per heavy atom. The first kappa shape index (κ1) is 14.3. The number of anilines is 1. The normalized spacial score (nSPS) is 15.3. The van der Waals surface area contributed by atoms with Gasteiger partial charge in [0.25, 0.3) is 0 Å². The van der Waals surface area contributed by atoms with E-state index >= 15 is 0 Å². The van der Waals surface area contributed by atoms with Crippen LogP contribution in [0.2, 0.25) is 5.02 Å². The van der Waals surface area contributed by atoms with Crippen LogP contribution in [0.4, 0.5) is 5.69 Å². The van der Waals surface area contributed by atoms with Crippen LogP contribution in [0.1, 0.15) is 5.56 Å². The van der Waals surface area contributed by atoms with Gasteiger partial charge in [-0.05, 0) is 18.2 Å². The van der Waals surface area contributed by atoms with Crippen molar-refractivity contribution in [3.8, 4) is 6.07 Å². The highest BCUT2D eigenvalue weighted by Gasteiger charge is 2.19. The molecular weight excluding hydrogens is 280 g/mol. The lowest BCUT2D eigenvalue weighted by Crippen LogP contribution is -2.49. The van der Waals surface area contributed by atoms with E-state index in [0.717, 1.165) is 0 Å². The van der Waals surface area contributed by atoms with E-state index in [9.17, 15) is 9.59 Å². The molecule has 1 heterocycles. The quantitative estimate of drug-likeness (QED) is 0.853. The van der Waals surface area contributed by atoms with Crippen molar-refractivity contribution < 1.29 is 9.59 Å². The molecule has 1 aromatic rings. The van der Waals surface area contributed by atoms with Gasteiger partial charge in [-0.1, -0.05) is 11.6 Å². The number of hydrogen-bond acceptors (Lipinski definition) is 4. The summed E-state index contributed by atoms with van der Waals surface area (Å²) >= 11 is 5.84. The molecule has 0 spiro atoms. The Morgan fingerprint density at radius 1 is 1.55 bits per heavy atom. The van der Waals surface area contributed by atoms with Gasteiger partial charge in [-0.15, -0.1) is 0 Å². The maximum atomic E-state index is 11.9. The summed E-state index contributed by atoms with van der Waals surface area (Å²) < 4.78 is 0. The van der Waals surface area contributed by atoms with Gasteiger partial charge in [0.2, 0.25) is 11.8 Å². The fourth-order valence-electron chi connectivity index (χ4n) is 1.94. The summed E-state index contributed by atoms with van der Waals surface area (Å²) in [6.07, 6.45) is 0. The zero-order valence-corrected chi connectivity index (χ0v) is 11.4. The molecule has 0 aliphatic carbocycles. The SMILES string of the molecule is N#Cc1ccc(Cl)cc1NC(=O)CN1CCNC(=O)C1. The van der Waals surface area contributed by atoms with Gasteiger partial charge in [0, 0.05) is 18.1 Å². The molecule has 1 aliphatic rings. The number of carbonyl (C=O) groups is 2. The molecule has 20 heavy (non-hydrogen) atoms. The molecule has 1 aliphatic heterocycles. The minimum absolute atomic E-state index is 0.0930. The van der Waals surface area contributed by atoms with E-state index in [1.807, 2.05) is 6.07 Å². The summed E-state index contributed by atoms with van der Waals surface area (Å²) in [6.45, 7) is 1.46. The van der Waals surface area contributed by atoms with Crippen LogP contribution in [-0.4, -0.2) is 42.9 Å². The van der Waals surface area contributed by atoms with E-state index in [1.54, 1.807) is 17.0 Å². The standard InChI is InChI=1S/C13H13ClN4O2/c14-10-2-1-9(6-15)11(5-10)17-13(20)8-18-4-3-16-12(19)7-18/h1-2,5H,3-4,7-8H2,(H,16,19)(H,17,20). The van der Waals surface area contributed by atoms with Crippen LogP contribution in [0.3, 0.4) is 0 Å². The third kappa shape index (κ3) is 3.70. The third-order valence-corrected chi connectivity index (χ3v) is 3.10. The maximum Gasteiger partial charge on any atom is 0.238 e. The Hall–Kier alpha value is -2.10. The minimum Gasteiger partial charge on any atom is -0.354 e. The first-order valence-corrected chi connectivity index (χ1v) is 6.45.